The second kappa shape index (κ2) is 4.13. The van der Waals surface area contributed by atoms with Gasteiger partial charge in [0.05, 0.1) is 4.13 Å². The molecule has 13 heavy (non-hydrogen) atoms. The Morgan fingerprint density at radius 1 is 0.769 bits per heavy atom. The second-order valence-corrected chi connectivity index (χ2v) is 4.18. The van der Waals surface area contributed by atoms with Crippen LogP contribution >= 0.6 is 0 Å². The van der Waals surface area contributed by atoms with E-state index in [0.717, 1.165) is 0 Å². The summed E-state index contributed by atoms with van der Waals surface area (Å²) in [6.07, 6.45) is 0. The summed E-state index contributed by atoms with van der Waals surface area (Å²) >= 11 is -7.97. The Bertz CT molecular complexity index is 151. The van der Waals surface area contributed by atoms with Crippen LogP contribution in [0, 0.1) is 0 Å². The largest absolute Gasteiger partial charge is 0.597 e. The zero-order valence-corrected chi connectivity index (χ0v) is 7.03. The highest BCUT2D eigenvalue weighted by atomic mass is 32.3. The van der Waals surface area contributed by atoms with Crippen LogP contribution in [0.5, 0.6) is 0 Å². The van der Waals surface area contributed by atoms with Crippen LogP contribution < -0.4 is 4.13 Å². The van der Waals surface area contributed by atoms with Gasteiger partial charge in [-0.1, -0.05) is 0 Å². The molecular weight excluding hydrogens is 248 g/mol. The topological polar surface area (TPSA) is 58.1 Å². The molecule has 0 aromatic rings. The van der Waals surface area contributed by atoms with E-state index in [4.69, 9.17) is 0 Å². The molecule has 0 saturated heterocycles. The van der Waals surface area contributed by atoms with E-state index < -0.39 is 33.7 Å². The zero-order chi connectivity index (χ0) is 10.9. The van der Waals surface area contributed by atoms with Crippen LogP contribution in [-0.4, -0.2) is 20.1 Å². The highest BCUT2D eigenvalue weighted by Gasteiger charge is 2.55. The van der Waals surface area contributed by atoms with Crippen LogP contribution in [0.2, 0.25) is 0 Å². The van der Waals surface area contributed by atoms with Gasteiger partial charge in [0.2, 0.25) is 22.7 Å². The third-order valence-corrected chi connectivity index (χ3v) is 2.62. The molecule has 80 valence electrons. The van der Waals surface area contributed by atoms with Crippen LogP contribution in [0.3, 0.4) is 0 Å². The summed E-state index contributed by atoms with van der Waals surface area (Å²) in [5.74, 6) is 0. The van der Waals surface area contributed by atoms with E-state index in [1.54, 1.807) is 0 Å². The van der Waals surface area contributed by atoms with Gasteiger partial charge >= 0.3 is 11.0 Å². The van der Waals surface area contributed by atoms with E-state index in [0.29, 0.717) is 4.13 Å². The first-order valence-corrected chi connectivity index (χ1v) is 4.58. The van der Waals surface area contributed by atoms with E-state index in [1.165, 1.54) is 0 Å². The zero-order valence-electron chi connectivity index (χ0n) is 5.40. The first kappa shape index (κ1) is 13.2. The molecule has 11 heteroatoms. The van der Waals surface area contributed by atoms with Gasteiger partial charge in [-0.15, -0.1) is 26.3 Å². The molecule has 0 heterocycles. The van der Waals surface area contributed by atoms with E-state index in [2.05, 4.69) is 0 Å². The summed E-state index contributed by atoms with van der Waals surface area (Å²) in [5, 5.41) is 0. The van der Waals surface area contributed by atoms with Gasteiger partial charge in [0.1, 0.15) is 0 Å². The van der Waals surface area contributed by atoms with Crippen molar-refractivity contribution in [3.63, 3.8) is 0 Å². The molecule has 0 saturated carbocycles. The average molecular weight is 249 g/mol. The van der Waals surface area contributed by atoms with Crippen LogP contribution in [0.4, 0.5) is 26.3 Å². The van der Waals surface area contributed by atoms with Crippen molar-refractivity contribution in [3.8, 4) is 0 Å². The lowest BCUT2D eigenvalue weighted by Crippen LogP contribution is -2.45. The molecule has 3 nitrogen and oxygen atoms in total. The summed E-state index contributed by atoms with van der Waals surface area (Å²) < 4.78 is 88.2. The molecule has 0 rings (SSSR count). The molecule has 2 unspecified atom stereocenters. The summed E-state index contributed by atoms with van der Waals surface area (Å²) in [6.45, 7) is 0. The van der Waals surface area contributed by atoms with Crippen molar-refractivity contribution in [2.75, 3.05) is 0 Å². The third kappa shape index (κ3) is 4.81. The molecule has 2 atom stereocenters. The lowest BCUT2D eigenvalue weighted by molar-refractivity contribution is -0.0474. The fourth-order valence-corrected chi connectivity index (χ4v) is 1.47. The van der Waals surface area contributed by atoms with Crippen LogP contribution in [0.1, 0.15) is 0 Å². The number of halogens is 6. The molecule has 0 aliphatic heterocycles. The lowest BCUT2D eigenvalue weighted by atomic mass is 11.6. The molecule has 0 aliphatic rings. The van der Waals surface area contributed by atoms with Crippen molar-refractivity contribution >= 4 is 22.7 Å². The molecule has 0 bridgehead atoms. The van der Waals surface area contributed by atoms with Gasteiger partial charge in [0.15, 0.2) is 0 Å². The fraction of sp³-hybridized carbons (Fsp3) is 1.00. The summed E-state index contributed by atoms with van der Waals surface area (Å²) in [7, 11) is 0. The number of hydrogen-bond donors (Lipinski definition) is 1. The third-order valence-electron chi connectivity index (χ3n) is 0.572. The minimum atomic E-state index is -5.37. The monoisotopic (exact) mass is 249 g/mol. The Hall–Kier alpha value is 0.160. The van der Waals surface area contributed by atoms with Crippen molar-refractivity contribution in [3.05, 3.63) is 0 Å². The first-order chi connectivity index (χ1) is 5.55. The molecule has 0 amide bonds. The Balaban J connectivity index is 4.15. The molecule has 0 aromatic heterocycles. The lowest BCUT2D eigenvalue weighted by Gasteiger charge is -2.14. The van der Waals surface area contributed by atoms with E-state index in [9.17, 15) is 35.4 Å². The molecule has 0 spiro atoms. The van der Waals surface area contributed by atoms with Gasteiger partial charge in [-0.3, -0.25) is 0 Å². The number of nitrogens with one attached hydrogen (secondary N) is 1. The molecular formula is C2HF6NO2S2. The summed E-state index contributed by atoms with van der Waals surface area (Å²) in [6, 6.07) is 0. The highest BCUT2D eigenvalue weighted by molar-refractivity contribution is 8.05. The second-order valence-electron chi connectivity index (χ2n) is 1.51. The van der Waals surface area contributed by atoms with Crippen molar-refractivity contribution in [2.24, 2.45) is 0 Å². The number of alkyl halides is 6. The minimum Gasteiger partial charge on any atom is -0.587 e. The van der Waals surface area contributed by atoms with E-state index in [1.807, 2.05) is 0 Å². The minimum absolute atomic E-state index is 0.354. The van der Waals surface area contributed by atoms with Crippen molar-refractivity contribution in [1.82, 2.24) is 4.13 Å². The quantitative estimate of drug-likeness (QED) is 0.585. The molecule has 0 fully saturated rings. The summed E-state index contributed by atoms with van der Waals surface area (Å²) in [5.41, 5.74) is -10.7. The van der Waals surface area contributed by atoms with Gasteiger partial charge in [-0.05, 0) is 0 Å². The normalized spacial score (nSPS) is 18.5. The van der Waals surface area contributed by atoms with E-state index in [-0.39, 0.29) is 0 Å². The molecule has 0 aromatic carbocycles. The first-order valence-electron chi connectivity index (χ1n) is 2.28. The van der Waals surface area contributed by atoms with Gasteiger partial charge in [-0.2, -0.15) is 0 Å². The predicted molar refractivity (Wildman–Crippen MR) is 31.5 cm³/mol. The van der Waals surface area contributed by atoms with Crippen LogP contribution in [0.15, 0.2) is 0 Å². The molecule has 1 N–H and O–H groups in total. The Morgan fingerprint density at radius 3 is 1.15 bits per heavy atom. The highest BCUT2D eigenvalue weighted by Crippen LogP contribution is 2.27. The standard InChI is InChI=1S/C2HF6NO2S2/c3-1(4,5)12(10)9-13(11)2(6,7)8/h9H. The van der Waals surface area contributed by atoms with Crippen molar-refractivity contribution < 1.29 is 35.4 Å². The average Bonchev–Trinajstić information content (AvgIpc) is 1.82. The van der Waals surface area contributed by atoms with Gasteiger partial charge < -0.3 is 9.11 Å². The predicted octanol–water partition coefficient (Wildman–Crippen LogP) is 0.943. The van der Waals surface area contributed by atoms with Gasteiger partial charge in [-0.25, -0.2) is 0 Å². The Labute approximate surface area is 74.1 Å². The Kier molecular flexibility index (Phi) is 4.18. The smallest absolute Gasteiger partial charge is 0.587 e. The molecule has 0 radical (unpaired) electrons. The fourth-order valence-electron chi connectivity index (χ4n) is 0.163. The maximum atomic E-state index is 11.3. The van der Waals surface area contributed by atoms with Crippen molar-refractivity contribution in [1.29, 1.82) is 0 Å². The summed E-state index contributed by atoms with van der Waals surface area (Å²) in [4.78, 5) is 0. The number of hydrogen-bond acceptors (Lipinski definition) is 3. The maximum absolute atomic E-state index is 11.3. The van der Waals surface area contributed by atoms with Gasteiger partial charge in [0.25, 0.3) is 0 Å². The van der Waals surface area contributed by atoms with Crippen LogP contribution in [0.25, 0.3) is 0 Å². The van der Waals surface area contributed by atoms with Crippen LogP contribution in [-0.2, 0) is 22.7 Å². The van der Waals surface area contributed by atoms with E-state index >= 15 is 0 Å². The maximum Gasteiger partial charge on any atom is 0.597 e. The van der Waals surface area contributed by atoms with Crippen molar-refractivity contribution in [2.45, 2.75) is 11.0 Å². The number of rotatable bonds is 2. The molecule has 0 aliphatic carbocycles. The SMILES string of the molecule is [O-][S+](N[S+]([O-])C(F)(F)F)C(F)(F)F. The van der Waals surface area contributed by atoms with Gasteiger partial charge in [0, 0.05) is 0 Å². The Morgan fingerprint density at radius 2 is 1.00 bits per heavy atom.